The molecular formula is C22H26N4O2. The number of aromatic nitrogens is 1. The fourth-order valence-corrected chi connectivity index (χ4v) is 3.80. The normalized spacial score (nSPS) is 18.1. The number of nitrogens with one attached hydrogen (secondary N) is 2. The van der Waals surface area contributed by atoms with Crippen LogP contribution in [0.3, 0.4) is 0 Å². The third-order valence-corrected chi connectivity index (χ3v) is 5.45. The first-order valence-corrected chi connectivity index (χ1v) is 9.63. The van der Waals surface area contributed by atoms with Crippen molar-refractivity contribution in [3.05, 3.63) is 65.4 Å². The van der Waals surface area contributed by atoms with Crippen molar-refractivity contribution in [2.24, 2.45) is 0 Å². The van der Waals surface area contributed by atoms with Gasteiger partial charge in [0.05, 0.1) is 12.1 Å². The summed E-state index contributed by atoms with van der Waals surface area (Å²) in [4.78, 5) is 17.7. The summed E-state index contributed by atoms with van der Waals surface area (Å²) < 4.78 is 0. The molecule has 1 aromatic heterocycles. The summed E-state index contributed by atoms with van der Waals surface area (Å²) >= 11 is 0. The van der Waals surface area contributed by atoms with Crippen molar-refractivity contribution in [1.29, 1.82) is 0 Å². The van der Waals surface area contributed by atoms with Gasteiger partial charge < -0.3 is 26.0 Å². The number of hydrogen-bond acceptors (Lipinski definition) is 4. The molecule has 0 bridgehead atoms. The third kappa shape index (κ3) is 3.74. The number of H-pyrrole nitrogens is 1. The van der Waals surface area contributed by atoms with Crippen molar-refractivity contribution in [1.82, 2.24) is 15.2 Å². The fraction of sp³-hybridized carbons (Fsp3) is 0.318. The van der Waals surface area contributed by atoms with E-state index in [0.29, 0.717) is 18.8 Å². The second kappa shape index (κ2) is 7.66. The number of anilines is 1. The molecule has 146 valence electrons. The van der Waals surface area contributed by atoms with Crippen molar-refractivity contribution in [2.75, 3.05) is 18.8 Å². The number of nitrogens with zero attached hydrogens (tertiary/aromatic N) is 1. The number of nitrogen functional groups attached to an aromatic ring is 1. The number of fused-ring (bicyclic) bond motifs is 1. The van der Waals surface area contributed by atoms with E-state index in [0.717, 1.165) is 35.0 Å². The molecule has 5 N–H and O–H groups in total. The highest BCUT2D eigenvalue weighted by molar-refractivity contribution is 5.86. The molecular weight excluding hydrogens is 352 g/mol. The lowest BCUT2D eigenvalue weighted by atomic mass is 10.1. The molecule has 2 heterocycles. The van der Waals surface area contributed by atoms with E-state index in [1.165, 1.54) is 5.56 Å². The van der Waals surface area contributed by atoms with Crippen LogP contribution in [0.25, 0.3) is 10.9 Å². The molecule has 0 radical (unpaired) electrons. The molecule has 0 aliphatic carbocycles. The lowest BCUT2D eigenvalue weighted by Gasteiger charge is -2.18. The van der Waals surface area contributed by atoms with Crippen LogP contribution in [0.1, 0.15) is 29.2 Å². The van der Waals surface area contributed by atoms with Gasteiger partial charge in [-0.25, -0.2) is 0 Å². The van der Waals surface area contributed by atoms with Crippen LogP contribution in [0.4, 0.5) is 5.69 Å². The minimum absolute atomic E-state index is 0.0935. The largest absolute Gasteiger partial charge is 0.399 e. The SMILES string of the molecule is Cc1ccc(CN2CCC(NCC(O)c3c[nH]c4ccc(N)cc34)C2=O)cc1. The van der Waals surface area contributed by atoms with Crippen molar-refractivity contribution in [3.8, 4) is 0 Å². The summed E-state index contributed by atoms with van der Waals surface area (Å²) in [5.41, 5.74) is 10.6. The van der Waals surface area contributed by atoms with Gasteiger partial charge in [-0.05, 0) is 37.1 Å². The Morgan fingerprint density at radius 3 is 2.86 bits per heavy atom. The van der Waals surface area contributed by atoms with Crippen LogP contribution in [-0.4, -0.2) is 40.0 Å². The van der Waals surface area contributed by atoms with Crippen LogP contribution in [0.15, 0.2) is 48.7 Å². The molecule has 0 spiro atoms. The van der Waals surface area contributed by atoms with Gasteiger partial charge in [0.2, 0.25) is 5.91 Å². The van der Waals surface area contributed by atoms with Crippen LogP contribution >= 0.6 is 0 Å². The molecule has 1 fully saturated rings. The summed E-state index contributed by atoms with van der Waals surface area (Å²) in [6, 6.07) is 13.6. The molecule has 2 aromatic carbocycles. The topological polar surface area (TPSA) is 94.4 Å². The standard InChI is InChI=1S/C22H26N4O2/c1-14-2-4-15(5-3-14)13-26-9-8-20(22(26)28)25-12-21(27)18-11-24-19-7-6-16(23)10-17(18)19/h2-7,10-11,20-21,24-25,27H,8-9,12-13,23H2,1H3. The fourth-order valence-electron chi connectivity index (χ4n) is 3.80. The molecule has 4 rings (SSSR count). The van der Waals surface area contributed by atoms with Crippen molar-refractivity contribution in [2.45, 2.75) is 32.0 Å². The zero-order chi connectivity index (χ0) is 19.7. The Labute approximate surface area is 164 Å². The second-order valence-electron chi connectivity index (χ2n) is 7.56. The lowest BCUT2D eigenvalue weighted by Crippen LogP contribution is -2.39. The van der Waals surface area contributed by atoms with Crippen LogP contribution in [-0.2, 0) is 11.3 Å². The van der Waals surface area contributed by atoms with E-state index in [4.69, 9.17) is 5.73 Å². The van der Waals surface area contributed by atoms with Crippen LogP contribution in [0, 0.1) is 6.92 Å². The summed E-state index contributed by atoms with van der Waals surface area (Å²) in [7, 11) is 0. The number of carbonyl (C=O) groups is 1. The van der Waals surface area contributed by atoms with Gasteiger partial charge >= 0.3 is 0 Å². The van der Waals surface area contributed by atoms with E-state index < -0.39 is 6.10 Å². The number of aliphatic hydroxyl groups is 1. The summed E-state index contributed by atoms with van der Waals surface area (Å²) in [5, 5.41) is 14.8. The maximum atomic E-state index is 12.7. The predicted molar refractivity (Wildman–Crippen MR) is 111 cm³/mol. The first kappa shape index (κ1) is 18.5. The Kier molecular flexibility index (Phi) is 5.07. The molecule has 6 nitrogen and oxygen atoms in total. The molecule has 1 aliphatic heterocycles. The average Bonchev–Trinajstić information content (AvgIpc) is 3.25. The minimum atomic E-state index is -0.713. The maximum Gasteiger partial charge on any atom is 0.240 e. The number of amides is 1. The lowest BCUT2D eigenvalue weighted by molar-refractivity contribution is -0.130. The number of hydrogen-bond donors (Lipinski definition) is 4. The maximum absolute atomic E-state index is 12.7. The number of aryl methyl sites for hydroxylation is 1. The van der Waals surface area contributed by atoms with Gasteiger partial charge in [-0.15, -0.1) is 0 Å². The quantitative estimate of drug-likeness (QED) is 0.496. The number of nitrogens with two attached hydrogens (primary N) is 1. The zero-order valence-corrected chi connectivity index (χ0v) is 16.0. The van der Waals surface area contributed by atoms with Gasteiger partial charge in [0.25, 0.3) is 0 Å². The number of carbonyl (C=O) groups excluding carboxylic acids is 1. The molecule has 0 saturated carbocycles. The summed E-state index contributed by atoms with van der Waals surface area (Å²) in [6.45, 7) is 3.72. The highest BCUT2D eigenvalue weighted by Crippen LogP contribution is 2.26. The molecule has 2 unspecified atom stereocenters. The number of rotatable bonds is 6. The Bertz CT molecular complexity index is 980. The van der Waals surface area contributed by atoms with E-state index in [-0.39, 0.29) is 11.9 Å². The molecule has 1 aliphatic rings. The smallest absolute Gasteiger partial charge is 0.240 e. The van der Waals surface area contributed by atoms with Crippen LogP contribution in [0.5, 0.6) is 0 Å². The van der Waals surface area contributed by atoms with Crippen LogP contribution in [0.2, 0.25) is 0 Å². The Hall–Kier alpha value is -2.83. The molecule has 28 heavy (non-hydrogen) atoms. The second-order valence-corrected chi connectivity index (χ2v) is 7.56. The van der Waals surface area contributed by atoms with Crippen molar-refractivity contribution in [3.63, 3.8) is 0 Å². The number of aliphatic hydroxyl groups excluding tert-OH is 1. The molecule has 3 aromatic rings. The predicted octanol–water partition coefficient (Wildman–Crippen LogP) is 2.48. The monoisotopic (exact) mass is 378 g/mol. The average molecular weight is 378 g/mol. The Balaban J connectivity index is 1.36. The van der Waals surface area contributed by atoms with Crippen molar-refractivity contribution >= 4 is 22.5 Å². The summed E-state index contributed by atoms with van der Waals surface area (Å²) in [5.74, 6) is 0.0935. The van der Waals surface area contributed by atoms with Gasteiger partial charge in [-0.1, -0.05) is 29.8 Å². The highest BCUT2D eigenvalue weighted by Gasteiger charge is 2.31. The third-order valence-electron chi connectivity index (χ3n) is 5.45. The Morgan fingerprint density at radius 2 is 2.07 bits per heavy atom. The highest BCUT2D eigenvalue weighted by atomic mass is 16.3. The van der Waals surface area contributed by atoms with E-state index >= 15 is 0 Å². The van der Waals surface area contributed by atoms with Crippen LogP contribution < -0.4 is 11.1 Å². The Morgan fingerprint density at radius 1 is 1.29 bits per heavy atom. The van der Waals surface area contributed by atoms with E-state index in [1.54, 1.807) is 6.20 Å². The van der Waals surface area contributed by atoms with Gasteiger partial charge in [-0.2, -0.15) is 0 Å². The molecule has 1 saturated heterocycles. The number of benzene rings is 2. The van der Waals surface area contributed by atoms with Gasteiger partial charge in [0.1, 0.15) is 0 Å². The molecule has 1 amide bonds. The summed E-state index contributed by atoms with van der Waals surface area (Å²) in [6.07, 6.45) is 1.84. The molecule has 6 heteroatoms. The van der Waals surface area contributed by atoms with E-state index in [1.807, 2.05) is 23.1 Å². The van der Waals surface area contributed by atoms with Crippen molar-refractivity contribution < 1.29 is 9.90 Å². The number of aromatic amines is 1. The van der Waals surface area contributed by atoms with Gasteiger partial charge in [-0.3, -0.25) is 4.79 Å². The minimum Gasteiger partial charge on any atom is -0.399 e. The van der Waals surface area contributed by atoms with Gasteiger partial charge in [0.15, 0.2) is 0 Å². The first-order chi connectivity index (χ1) is 13.5. The van der Waals surface area contributed by atoms with E-state index in [9.17, 15) is 9.90 Å². The van der Waals surface area contributed by atoms with Gasteiger partial charge in [0, 0.05) is 48.0 Å². The zero-order valence-electron chi connectivity index (χ0n) is 16.0. The van der Waals surface area contributed by atoms with E-state index in [2.05, 4.69) is 41.5 Å². The first-order valence-electron chi connectivity index (χ1n) is 9.63. The molecule has 2 atom stereocenters. The number of likely N-dealkylation sites (tertiary alicyclic amines) is 1.